The van der Waals surface area contributed by atoms with Crippen molar-refractivity contribution in [3.63, 3.8) is 0 Å². The van der Waals surface area contributed by atoms with Gasteiger partial charge in [0.25, 0.3) is 0 Å². The molecule has 1 amide bonds. The normalized spacial score (nSPS) is 10.7. The predicted octanol–water partition coefficient (Wildman–Crippen LogP) is 2.58. The third-order valence-electron chi connectivity index (χ3n) is 3.09. The molecule has 3 nitrogen and oxygen atoms in total. The first kappa shape index (κ1) is 11.7. The fraction of sp³-hybridized carbons (Fsp3) is 0.357. The van der Waals surface area contributed by atoms with Crippen molar-refractivity contribution in [2.45, 2.75) is 20.3 Å². The van der Waals surface area contributed by atoms with Crippen molar-refractivity contribution in [3.8, 4) is 0 Å². The molecular formula is C14H18N2O. The summed E-state index contributed by atoms with van der Waals surface area (Å²) in [6, 6.07) is 8.15. The van der Waals surface area contributed by atoms with Crippen LogP contribution in [-0.4, -0.2) is 28.9 Å². The molecule has 0 fully saturated rings. The van der Waals surface area contributed by atoms with Crippen molar-refractivity contribution in [1.29, 1.82) is 0 Å². The van der Waals surface area contributed by atoms with Gasteiger partial charge in [-0.1, -0.05) is 6.07 Å². The Morgan fingerprint density at radius 1 is 1.24 bits per heavy atom. The van der Waals surface area contributed by atoms with E-state index in [-0.39, 0.29) is 5.91 Å². The van der Waals surface area contributed by atoms with Crippen LogP contribution >= 0.6 is 0 Å². The number of benzene rings is 1. The maximum absolute atomic E-state index is 12.0. The fourth-order valence-corrected chi connectivity index (χ4v) is 2.08. The first-order valence-corrected chi connectivity index (χ1v) is 6.08. The first-order chi connectivity index (χ1) is 8.24. The summed E-state index contributed by atoms with van der Waals surface area (Å²) in [6.07, 6.45) is 2.41. The number of nitrogens with one attached hydrogen (secondary N) is 1. The Morgan fingerprint density at radius 2 is 2.00 bits per heavy atom. The van der Waals surface area contributed by atoms with E-state index in [9.17, 15) is 4.79 Å². The summed E-state index contributed by atoms with van der Waals surface area (Å²) in [5.41, 5.74) is 2.19. The minimum Gasteiger partial charge on any atom is -0.361 e. The van der Waals surface area contributed by atoms with Crippen molar-refractivity contribution in [2.75, 3.05) is 13.1 Å². The topological polar surface area (TPSA) is 36.1 Å². The molecule has 0 saturated carbocycles. The molecule has 0 spiro atoms. The van der Waals surface area contributed by atoms with Gasteiger partial charge in [0.05, 0.1) is 6.42 Å². The standard InChI is InChI=1S/C14H18N2O/c1-3-16(4-2)14(17)10-11-5-6-13-12(9-11)7-8-15-13/h5-9,15H,3-4,10H2,1-2H3. The highest BCUT2D eigenvalue weighted by Crippen LogP contribution is 2.15. The second-order valence-electron chi connectivity index (χ2n) is 4.14. The van der Waals surface area contributed by atoms with Gasteiger partial charge in [0.2, 0.25) is 5.91 Å². The predicted molar refractivity (Wildman–Crippen MR) is 69.9 cm³/mol. The number of amides is 1. The molecule has 0 aliphatic heterocycles. The maximum Gasteiger partial charge on any atom is 0.226 e. The lowest BCUT2D eigenvalue weighted by Crippen LogP contribution is -2.31. The summed E-state index contributed by atoms with van der Waals surface area (Å²) in [7, 11) is 0. The minimum atomic E-state index is 0.199. The highest BCUT2D eigenvalue weighted by atomic mass is 16.2. The average molecular weight is 230 g/mol. The summed E-state index contributed by atoms with van der Waals surface area (Å²) in [6.45, 7) is 5.58. The van der Waals surface area contributed by atoms with Crippen LogP contribution in [0.25, 0.3) is 10.9 Å². The Balaban J connectivity index is 2.14. The molecule has 1 heterocycles. The van der Waals surface area contributed by atoms with Gasteiger partial charge >= 0.3 is 0 Å². The Morgan fingerprint density at radius 3 is 2.71 bits per heavy atom. The van der Waals surface area contributed by atoms with Gasteiger partial charge in [-0.25, -0.2) is 0 Å². The van der Waals surface area contributed by atoms with E-state index < -0.39 is 0 Å². The van der Waals surface area contributed by atoms with Crippen LogP contribution in [0.15, 0.2) is 30.5 Å². The minimum absolute atomic E-state index is 0.199. The monoisotopic (exact) mass is 230 g/mol. The van der Waals surface area contributed by atoms with Crippen LogP contribution in [0.4, 0.5) is 0 Å². The number of carbonyl (C=O) groups is 1. The molecule has 0 aliphatic carbocycles. The van der Waals surface area contributed by atoms with Gasteiger partial charge in [-0.05, 0) is 43.0 Å². The zero-order chi connectivity index (χ0) is 12.3. The van der Waals surface area contributed by atoms with E-state index in [1.54, 1.807) is 0 Å². The second kappa shape index (κ2) is 5.04. The second-order valence-corrected chi connectivity index (χ2v) is 4.14. The quantitative estimate of drug-likeness (QED) is 0.861. The Bertz CT molecular complexity index is 512. The molecule has 2 aromatic rings. The van der Waals surface area contributed by atoms with Crippen molar-refractivity contribution in [1.82, 2.24) is 9.88 Å². The Hall–Kier alpha value is -1.77. The number of carbonyl (C=O) groups excluding carboxylic acids is 1. The SMILES string of the molecule is CCN(CC)C(=O)Cc1ccc2[nH]ccc2c1. The summed E-state index contributed by atoms with van der Waals surface area (Å²) in [5.74, 6) is 0.199. The molecule has 2 rings (SSSR count). The summed E-state index contributed by atoms with van der Waals surface area (Å²) in [5, 5.41) is 1.16. The van der Waals surface area contributed by atoms with Crippen LogP contribution in [0.3, 0.4) is 0 Å². The molecule has 1 N–H and O–H groups in total. The van der Waals surface area contributed by atoms with Crippen LogP contribution in [0.2, 0.25) is 0 Å². The van der Waals surface area contributed by atoms with Gasteiger partial charge in [-0.15, -0.1) is 0 Å². The lowest BCUT2D eigenvalue weighted by molar-refractivity contribution is -0.130. The van der Waals surface area contributed by atoms with Crippen LogP contribution < -0.4 is 0 Å². The van der Waals surface area contributed by atoms with E-state index in [0.29, 0.717) is 6.42 Å². The zero-order valence-electron chi connectivity index (χ0n) is 10.4. The van der Waals surface area contributed by atoms with E-state index in [4.69, 9.17) is 0 Å². The number of aromatic amines is 1. The zero-order valence-corrected chi connectivity index (χ0v) is 10.4. The molecule has 0 unspecified atom stereocenters. The number of hydrogen-bond donors (Lipinski definition) is 1. The fourth-order valence-electron chi connectivity index (χ4n) is 2.08. The van der Waals surface area contributed by atoms with Gasteiger partial charge in [-0.3, -0.25) is 4.79 Å². The molecule has 90 valence electrons. The molecule has 0 bridgehead atoms. The van der Waals surface area contributed by atoms with Gasteiger partial charge in [0, 0.05) is 24.8 Å². The van der Waals surface area contributed by atoms with Gasteiger partial charge in [0.1, 0.15) is 0 Å². The van der Waals surface area contributed by atoms with E-state index in [1.165, 1.54) is 0 Å². The van der Waals surface area contributed by atoms with Crippen molar-refractivity contribution in [3.05, 3.63) is 36.0 Å². The number of likely N-dealkylation sites (N-methyl/N-ethyl adjacent to an activating group) is 1. The summed E-state index contributed by atoms with van der Waals surface area (Å²) in [4.78, 5) is 17.0. The number of fused-ring (bicyclic) bond motifs is 1. The first-order valence-electron chi connectivity index (χ1n) is 6.08. The molecule has 0 radical (unpaired) electrons. The number of rotatable bonds is 4. The third-order valence-corrected chi connectivity index (χ3v) is 3.09. The van der Waals surface area contributed by atoms with Crippen LogP contribution in [0, 0.1) is 0 Å². The van der Waals surface area contributed by atoms with Crippen molar-refractivity contribution < 1.29 is 4.79 Å². The van der Waals surface area contributed by atoms with E-state index in [1.807, 2.05) is 43.1 Å². The van der Waals surface area contributed by atoms with Crippen molar-refractivity contribution >= 4 is 16.8 Å². The molecule has 17 heavy (non-hydrogen) atoms. The summed E-state index contributed by atoms with van der Waals surface area (Å²) < 4.78 is 0. The number of hydrogen-bond acceptors (Lipinski definition) is 1. The highest BCUT2D eigenvalue weighted by Gasteiger charge is 2.10. The molecule has 3 heteroatoms. The number of H-pyrrole nitrogens is 1. The molecule has 0 atom stereocenters. The van der Waals surface area contributed by atoms with Crippen LogP contribution in [-0.2, 0) is 11.2 Å². The molecule has 1 aromatic heterocycles. The van der Waals surface area contributed by atoms with E-state index in [2.05, 4.69) is 11.1 Å². The van der Waals surface area contributed by atoms with E-state index >= 15 is 0 Å². The lowest BCUT2D eigenvalue weighted by atomic mass is 10.1. The summed E-state index contributed by atoms with van der Waals surface area (Å²) >= 11 is 0. The van der Waals surface area contributed by atoms with Gasteiger partial charge < -0.3 is 9.88 Å². The molecule has 0 saturated heterocycles. The van der Waals surface area contributed by atoms with Gasteiger partial charge in [-0.2, -0.15) is 0 Å². The van der Waals surface area contributed by atoms with Gasteiger partial charge in [0.15, 0.2) is 0 Å². The largest absolute Gasteiger partial charge is 0.361 e. The Kier molecular flexibility index (Phi) is 3.47. The maximum atomic E-state index is 12.0. The van der Waals surface area contributed by atoms with Crippen LogP contribution in [0.5, 0.6) is 0 Å². The lowest BCUT2D eigenvalue weighted by Gasteiger charge is -2.18. The molecule has 1 aromatic carbocycles. The molecule has 0 aliphatic rings. The highest BCUT2D eigenvalue weighted by molar-refractivity contribution is 5.83. The number of aromatic nitrogens is 1. The molecular weight excluding hydrogens is 212 g/mol. The number of nitrogens with zero attached hydrogens (tertiary/aromatic N) is 1. The average Bonchev–Trinajstić information content (AvgIpc) is 2.77. The van der Waals surface area contributed by atoms with E-state index in [0.717, 1.165) is 29.6 Å². The van der Waals surface area contributed by atoms with Crippen LogP contribution in [0.1, 0.15) is 19.4 Å². The third kappa shape index (κ3) is 2.49. The smallest absolute Gasteiger partial charge is 0.226 e. The van der Waals surface area contributed by atoms with Crippen molar-refractivity contribution in [2.24, 2.45) is 0 Å². The Labute approximate surface area is 101 Å².